The van der Waals surface area contributed by atoms with Crippen LogP contribution in [-0.4, -0.2) is 25.0 Å². The van der Waals surface area contributed by atoms with Gasteiger partial charge >= 0.3 is 0 Å². The van der Waals surface area contributed by atoms with Gasteiger partial charge < -0.3 is 15.0 Å². The quantitative estimate of drug-likeness (QED) is 0.554. The van der Waals surface area contributed by atoms with Crippen LogP contribution in [-0.2, 0) is 4.79 Å². The molecule has 5 nitrogen and oxygen atoms in total. The topological polar surface area (TPSA) is 58.6 Å². The molecule has 0 heterocycles. The molecule has 0 radical (unpaired) electrons. The van der Waals surface area contributed by atoms with Crippen LogP contribution in [0.4, 0.5) is 11.4 Å². The minimum atomic E-state index is -0.657. The van der Waals surface area contributed by atoms with E-state index in [-0.39, 0.29) is 11.8 Å². The Bertz CT molecular complexity index is 1010. The van der Waals surface area contributed by atoms with Crippen LogP contribution < -0.4 is 15.0 Å². The zero-order valence-corrected chi connectivity index (χ0v) is 18.3. The third-order valence-corrected chi connectivity index (χ3v) is 5.08. The average Bonchev–Trinajstić information content (AvgIpc) is 2.79. The molecule has 0 aromatic heterocycles. The SMILES string of the molecule is CC(Oc1ccc(C(C)C)cc1)C(=O)Nc1ccc(C(=O)N(C)c2ccccc2)cc1. The van der Waals surface area contributed by atoms with Gasteiger partial charge in [0.05, 0.1) is 0 Å². The normalized spacial score (nSPS) is 11.6. The number of para-hydroxylation sites is 1. The lowest BCUT2D eigenvalue weighted by Crippen LogP contribution is -2.30. The molecule has 0 spiro atoms. The van der Waals surface area contributed by atoms with Crippen LogP contribution in [0, 0.1) is 0 Å². The number of ether oxygens (including phenoxy) is 1. The molecule has 0 saturated carbocycles. The van der Waals surface area contributed by atoms with E-state index in [4.69, 9.17) is 4.74 Å². The van der Waals surface area contributed by atoms with E-state index in [0.717, 1.165) is 5.69 Å². The lowest BCUT2D eigenvalue weighted by atomic mass is 10.0. The maximum absolute atomic E-state index is 12.7. The van der Waals surface area contributed by atoms with Crippen LogP contribution in [0.25, 0.3) is 0 Å². The molecule has 3 aromatic rings. The lowest BCUT2D eigenvalue weighted by molar-refractivity contribution is -0.122. The highest BCUT2D eigenvalue weighted by atomic mass is 16.5. The van der Waals surface area contributed by atoms with Crippen LogP contribution in [0.1, 0.15) is 42.6 Å². The maximum atomic E-state index is 12.7. The maximum Gasteiger partial charge on any atom is 0.265 e. The van der Waals surface area contributed by atoms with Crippen LogP contribution in [0.2, 0.25) is 0 Å². The minimum absolute atomic E-state index is 0.120. The van der Waals surface area contributed by atoms with Crippen LogP contribution in [0.3, 0.4) is 0 Å². The number of amides is 2. The van der Waals surface area contributed by atoms with Gasteiger partial charge in [-0.15, -0.1) is 0 Å². The Kier molecular flexibility index (Phi) is 7.08. The van der Waals surface area contributed by atoms with Gasteiger partial charge in [-0.1, -0.05) is 44.2 Å². The van der Waals surface area contributed by atoms with Crippen molar-refractivity contribution in [3.05, 3.63) is 90.0 Å². The zero-order valence-electron chi connectivity index (χ0n) is 18.3. The average molecular weight is 417 g/mol. The monoisotopic (exact) mass is 416 g/mol. The van der Waals surface area contributed by atoms with Gasteiger partial charge in [-0.25, -0.2) is 0 Å². The summed E-state index contributed by atoms with van der Waals surface area (Å²) in [6, 6.07) is 24.0. The molecule has 160 valence electrons. The molecular weight excluding hydrogens is 388 g/mol. The summed E-state index contributed by atoms with van der Waals surface area (Å²) in [5.74, 6) is 0.716. The summed E-state index contributed by atoms with van der Waals surface area (Å²) in [6.45, 7) is 5.97. The van der Waals surface area contributed by atoms with Gasteiger partial charge in [0.25, 0.3) is 11.8 Å². The second kappa shape index (κ2) is 9.94. The standard InChI is InChI=1S/C26H28N2O3/c1-18(2)20-12-16-24(17-13-20)31-19(3)25(29)27-22-14-10-21(11-15-22)26(30)28(4)23-8-6-5-7-9-23/h5-19H,1-4H3,(H,27,29). The summed E-state index contributed by atoms with van der Waals surface area (Å²) in [7, 11) is 1.74. The fourth-order valence-electron chi connectivity index (χ4n) is 3.09. The molecule has 0 aliphatic carbocycles. The summed E-state index contributed by atoms with van der Waals surface area (Å²) < 4.78 is 5.75. The summed E-state index contributed by atoms with van der Waals surface area (Å²) >= 11 is 0. The molecule has 1 atom stereocenters. The molecule has 5 heteroatoms. The molecule has 0 bridgehead atoms. The number of carbonyl (C=O) groups excluding carboxylic acids is 2. The highest BCUT2D eigenvalue weighted by Crippen LogP contribution is 2.20. The van der Waals surface area contributed by atoms with Crippen molar-refractivity contribution < 1.29 is 14.3 Å². The van der Waals surface area contributed by atoms with Crippen molar-refractivity contribution in [2.24, 2.45) is 0 Å². The van der Waals surface area contributed by atoms with E-state index < -0.39 is 6.10 Å². The highest BCUT2D eigenvalue weighted by Gasteiger charge is 2.16. The van der Waals surface area contributed by atoms with Gasteiger partial charge in [0.2, 0.25) is 0 Å². The predicted molar refractivity (Wildman–Crippen MR) is 125 cm³/mol. The second-order valence-corrected chi connectivity index (χ2v) is 7.75. The summed E-state index contributed by atoms with van der Waals surface area (Å²) in [6.07, 6.45) is -0.657. The first-order valence-electron chi connectivity index (χ1n) is 10.4. The molecule has 0 saturated heterocycles. The van der Waals surface area contributed by atoms with Crippen molar-refractivity contribution in [3.63, 3.8) is 0 Å². The van der Waals surface area contributed by atoms with E-state index in [2.05, 4.69) is 19.2 Å². The van der Waals surface area contributed by atoms with Gasteiger partial charge in [-0.2, -0.15) is 0 Å². The van der Waals surface area contributed by atoms with E-state index in [1.807, 2.05) is 54.6 Å². The largest absolute Gasteiger partial charge is 0.481 e. The first kappa shape index (κ1) is 22.1. The Balaban J connectivity index is 1.58. The molecule has 3 rings (SSSR count). The summed E-state index contributed by atoms with van der Waals surface area (Å²) in [5.41, 5.74) is 3.18. The second-order valence-electron chi connectivity index (χ2n) is 7.75. The van der Waals surface area contributed by atoms with Crippen molar-refractivity contribution in [3.8, 4) is 5.75 Å². The van der Waals surface area contributed by atoms with E-state index in [1.54, 1.807) is 43.1 Å². The fourth-order valence-corrected chi connectivity index (χ4v) is 3.09. The minimum Gasteiger partial charge on any atom is -0.481 e. The van der Waals surface area contributed by atoms with Crippen LogP contribution >= 0.6 is 0 Å². The fraction of sp³-hybridized carbons (Fsp3) is 0.231. The van der Waals surface area contributed by atoms with Crippen molar-refractivity contribution >= 4 is 23.2 Å². The number of nitrogens with one attached hydrogen (secondary N) is 1. The number of hydrogen-bond donors (Lipinski definition) is 1. The molecule has 0 fully saturated rings. The molecular formula is C26H28N2O3. The van der Waals surface area contributed by atoms with Crippen molar-refractivity contribution in [1.29, 1.82) is 0 Å². The van der Waals surface area contributed by atoms with Gasteiger partial charge in [0.1, 0.15) is 5.75 Å². The van der Waals surface area contributed by atoms with Crippen molar-refractivity contribution in [2.45, 2.75) is 32.8 Å². The van der Waals surface area contributed by atoms with Crippen LogP contribution in [0.15, 0.2) is 78.9 Å². The molecule has 1 unspecified atom stereocenters. The third-order valence-electron chi connectivity index (χ3n) is 5.08. The molecule has 0 aliphatic heterocycles. The van der Waals surface area contributed by atoms with Crippen molar-refractivity contribution in [1.82, 2.24) is 0 Å². The lowest BCUT2D eigenvalue weighted by Gasteiger charge is -2.18. The van der Waals surface area contributed by atoms with E-state index in [1.165, 1.54) is 5.56 Å². The number of benzene rings is 3. The number of carbonyl (C=O) groups is 2. The van der Waals surface area contributed by atoms with E-state index in [9.17, 15) is 9.59 Å². The van der Waals surface area contributed by atoms with Gasteiger partial charge in [-0.3, -0.25) is 9.59 Å². The first-order chi connectivity index (χ1) is 14.8. The predicted octanol–water partition coefficient (Wildman–Crippen LogP) is 5.49. The zero-order chi connectivity index (χ0) is 22.4. The summed E-state index contributed by atoms with van der Waals surface area (Å²) in [4.78, 5) is 26.8. The van der Waals surface area contributed by atoms with Crippen molar-refractivity contribution in [2.75, 3.05) is 17.3 Å². The Morgan fingerprint density at radius 1 is 0.839 bits per heavy atom. The highest BCUT2D eigenvalue weighted by molar-refractivity contribution is 6.06. The van der Waals surface area contributed by atoms with Gasteiger partial charge in [-0.05, 0) is 66.9 Å². The third kappa shape index (κ3) is 5.72. The Morgan fingerprint density at radius 3 is 2.03 bits per heavy atom. The molecule has 0 aliphatic rings. The van der Waals surface area contributed by atoms with Gasteiger partial charge in [0, 0.05) is 24.0 Å². The van der Waals surface area contributed by atoms with Crippen LogP contribution in [0.5, 0.6) is 5.75 Å². The first-order valence-corrected chi connectivity index (χ1v) is 10.4. The summed E-state index contributed by atoms with van der Waals surface area (Å²) in [5, 5.41) is 2.83. The number of rotatable bonds is 7. The molecule has 3 aromatic carbocycles. The smallest absolute Gasteiger partial charge is 0.265 e. The Labute approximate surface area is 183 Å². The molecule has 31 heavy (non-hydrogen) atoms. The Hall–Kier alpha value is -3.60. The molecule has 2 amide bonds. The number of hydrogen-bond acceptors (Lipinski definition) is 3. The van der Waals surface area contributed by atoms with Gasteiger partial charge in [0.15, 0.2) is 6.10 Å². The van der Waals surface area contributed by atoms with E-state index >= 15 is 0 Å². The molecule has 1 N–H and O–H groups in total. The Morgan fingerprint density at radius 2 is 1.45 bits per heavy atom. The van der Waals surface area contributed by atoms with E-state index in [0.29, 0.717) is 22.9 Å². The number of nitrogens with zero attached hydrogens (tertiary/aromatic N) is 1. The number of anilines is 2.